The molecule has 0 bridgehead atoms. The minimum Gasteiger partial charge on any atom is -0.508 e. The molecule has 0 amide bonds. The first-order valence-corrected chi connectivity index (χ1v) is 6.01. The third-order valence-corrected chi connectivity index (χ3v) is 3.53. The molecule has 0 spiro atoms. The van der Waals surface area contributed by atoms with E-state index in [4.69, 9.17) is 11.5 Å². The van der Waals surface area contributed by atoms with Crippen LogP contribution in [0.25, 0.3) is 0 Å². The van der Waals surface area contributed by atoms with Crippen LogP contribution in [-0.2, 0) is 0 Å². The van der Waals surface area contributed by atoms with Crippen molar-refractivity contribution in [1.29, 1.82) is 0 Å². The fourth-order valence-electron chi connectivity index (χ4n) is 2.51. The van der Waals surface area contributed by atoms with Crippen LogP contribution < -0.4 is 11.5 Å². The van der Waals surface area contributed by atoms with Crippen molar-refractivity contribution in [1.82, 2.24) is 0 Å². The molecular formula is C13H20N2O. The van der Waals surface area contributed by atoms with E-state index in [-0.39, 0.29) is 11.8 Å². The van der Waals surface area contributed by atoms with Gasteiger partial charge in [-0.1, -0.05) is 25.0 Å². The molecule has 0 aromatic heterocycles. The van der Waals surface area contributed by atoms with Crippen LogP contribution in [0.15, 0.2) is 18.2 Å². The van der Waals surface area contributed by atoms with E-state index in [9.17, 15) is 5.11 Å². The van der Waals surface area contributed by atoms with Crippen molar-refractivity contribution in [2.45, 2.75) is 37.6 Å². The smallest absolute Gasteiger partial charge is 0.120 e. The molecule has 1 saturated carbocycles. The molecule has 0 aliphatic heterocycles. The molecule has 2 rings (SSSR count). The maximum atomic E-state index is 9.74. The molecule has 5 N–H and O–H groups in total. The van der Waals surface area contributed by atoms with Crippen molar-refractivity contribution in [3.63, 3.8) is 0 Å². The van der Waals surface area contributed by atoms with Crippen LogP contribution in [0, 0.1) is 0 Å². The monoisotopic (exact) mass is 220 g/mol. The predicted molar refractivity (Wildman–Crippen MR) is 65.3 cm³/mol. The minimum atomic E-state index is -0.263. The molecule has 88 valence electrons. The number of benzene rings is 1. The van der Waals surface area contributed by atoms with Gasteiger partial charge in [-0.15, -0.1) is 0 Å². The highest BCUT2D eigenvalue weighted by Crippen LogP contribution is 2.36. The first-order valence-electron chi connectivity index (χ1n) is 6.01. The van der Waals surface area contributed by atoms with Gasteiger partial charge in [-0.25, -0.2) is 0 Å². The van der Waals surface area contributed by atoms with Gasteiger partial charge in [-0.05, 0) is 30.4 Å². The van der Waals surface area contributed by atoms with Gasteiger partial charge in [-0.3, -0.25) is 0 Å². The van der Waals surface area contributed by atoms with Crippen LogP contribution in [0.4, 0.5) is 0 Å². The van der Waals surface area contributed by atoms with Gasteiger partial charge in [-0.2, -0.15) is 0 Å². The van der Waals surface area contributed by atoms with E-state index in [2.05, 4.69) is 0 Å². The van der Waals surface area contributed by atoms with E-state index < -0.39 is 0 Å². The minimum absolute atomic E-state index is 0.263. The second kappa shape index (κ2) is 4.85. The van der Waals surface area contributed by atoms with Crippen molar-refractivity contribution < 1.29 is 5.11 Å². The van der Waals surface area contributed by atoms with Crippen molar-refractivity contribution in [2.24, 2.45) is 11.5 Å². The molecule has 3 heteroatoms. The molecule has 1 aromatic carbocycles. The SMILES string of the molecule is NC[C@H](N)c1cc(C2CCCC2)ccc1O. The summed E-state index contributed by atoms with van der Waals surface area (Å²) < 4.78 is 0. The fraction of sp³-hybridized carbons (Fsp3) is 0.538. The maximum absolute atomic E-state index is 9.74. The number of phenolic OH excluding ortho intramolecular Hbond substituents is 1. The van der Waals surface area contributed by atoms with E-state index in [1.807, 2.05) is 12.1 Å². The highest BCUT2D eigenvalue weighted by atomic mass is 16.3. The summed E-state index contributed by atoms with van der Waals surface area (Å²) in [5, 5.41) is 9.74. The summed E-state index contributed by atoms with van der Waals surface area (Å²) in [7, 11) is 0. The average Bonchev–Trinajstić information content (AvgIpc) is 2.82. The molecule has 1 aromatic rings. The lowest BCUT2D eigenvalue weighted by Crippen LogP contribution is -2.21. The summed E-state index contributed by atoms with van der Waals surface area (Å²) in [5.74, 6) is 0.907. The normalized spacial score (nSPS) is 18.9. The molecule has 1 aliphatic rings. The van der Waals surface area contributed by atoms with Crippen molar-refractivity contribution >= 4 is 0 Å². The zero-order valence-electron chi connectivity index (χ0n) is 9.52. The molecule has 0 unspecified atom stereocenters. The van der Waals surface area contributed by atoms with E-state index in [1.165, 1.54) is 31.2 Å². The largest absolute Gasteiger partial charge is 0.508 e. The number of aromatic hydroxyl groups is 1. The Morgan fingerprint density at radius 2 is 2.00 bits per heavy atom. The Morgan fingerprint density at radius 3 is 2.62 bits per heavy atom. The van der Waals surface area contributed by atoms with E-state index in [1.54, 1.807) is 6.07 Å². The van der Waals surface area contributed by atoms with Gasteiger partial charge in [0.05, 0.1) is 0 Å². The van der Waals surface area contributed by atoms with Gasteiger partial charge < -0.3 is 16.6 Å². The van der Waals surface area contributed by atoms with Gasteiger partial charge >= 0.3 is 0 Å². The van der Waals surface area contributed by atoms with Crippen LogP contribution in [-0.4, -0.2) is 11.7 Å². The maximum Gasteiger partial charge on any atom is 0.120 e. The highest BCUT2D eigenvalue weighted by molar-refractivity contribution is 5.40. The lowest BCUT2D eigenvalue weighted by molar-refractivity contribution is 0.461. The number of phenols is 1. The Bertz CT molecular complexity index is 359. The zero-order chi connectivity index (χ0) is 11.5. The Balaban J connectivity index is 2.27. The zero-order valence-corrected chi connectivity index (χ0v) is 9.52. The van der Waals surface area contributed by atoms with Crippen molar-refractivity contribution in [2.75, 3.05) is 6.54 Å². The quantitative estimate of drug-likeness (QED) is 0.729. The molecule has 0 radical (unpaired) electrons. The van der Waals surface area contributed by atoms with E-state index in [0.717, 1.165) is 5.56 Å². The Morgan fingerprint density at radius 1 is 1.31 bits per heavy atom. The van der Waals surface area contributed by atoms with Gasteiger partial charge in [0.1, 0.15) is 5.75 Å². The molecular weight excluding hydrogens is 200 g/mol. The molecule has 1 atom stereocenters. The summed E-state index contributed by atoms with van der Waals surface area (Å²) in [5.41, 5.74) is 13.5. The number of hydrogen-bond acceptors (Lipinski definition) is 3. The molecule has 0 saturated heterocycles. The van der Waals surface area contributed by atoms with Crippen LogP contribution in [0.1, 0.15) is 48.8 Å². The van der Waals surface area contributed by atoms with Crippen LogP contribution >= 0.6 is 0 Å². The van der Waals surface area contributed by atoms with Gasteiger partial charge in [0.15, 0.2) is 0 Å². The van der Waals surface area contributed by atoms with Crippen LogP contribution in [0.3, 0.4) is 0 Å². The topological polar surface area (TPSA) is 72.3 Å². The van der Waals surface area contributed by atoms with Gasteiger partial charge in [0.25, 0.3) is 0 Å². The summed E-state index contributed by atoms with van der Waals surface area (Å²) >= 11 is 0. The summed E-state index contributed by atoms with van der Waals surface area (Å²) in [6, 6.07) is 5.53. The van der Waals surface area contributed by atoms with Crippen molar-refractivity contribution in [3.05, 3.63) is 29.3 Å². The Kier molecular flexibility index (Phi) is 3.46. The van der Waals surface area contributed by atoms with Crippen LogP contribution in [0.5, 0.6) is 5.75 Å². The number of hydrogen-bond donors (Lipinski definition) is 3. The summed E-state index contributed by atoms with van der Waals surface area (Å²) in [6.45, 7) is 0.363. The van der Waals surface area contributed by atoms with Gasteiger partial charge in [0, 0.05) is 18.2 Å². The Hall–Kier alpha value is -1.06. The number of rotatable bonds is 3. The lowest BCUT2D eigenvalue weighted by Gasteiger charge is -2.16. The predicted octanol–water partition coefficient (Wildman–Crippen LogP) is 2.01. The third kappa shape index (κ3) is 2.20. The summed E-state index contributed by atoms with van der Waals surface area (Å²) in [4.78, 5) is 0. The molecule has 1 aliphatic carbocycles. The number of nitrogens with two attached hydrogens (primary N) is 2. The first kappa shape index (κ1) is 11.4. The van der Waals surface area contributed by atoms with Crippen LogP contribution in [0.2, 0.25) is 0 Å². The molecule has 3 nitrogen and oxygen atoms in total. The molecule has 1 fully saturated rings. The second-order valence-corrected chi connectivity index (χ2v) is 4.64. The first-order chi connectivity index (χ1) is 7.72. The van der Waals surface area contributed by atoms with E-state index in [0.29, 0.717) is 12.5 Å². The highest BCUT2D eigenvalue weighted by Gasteiger charge is 2.19. The van der Waals surface area contributed by atoms with E-state index >= 15 is 0 Å². The van der Waals surface area contributed by atoms with Gasteiger partial charge in [0.2, 0.25) is 0 Å². The molecule has 0 heterocycles. The average molecular weight is 220 g/mol. The standard InChI is InChI=1S/C13H20N2O/c14-8-12(15)11-7-10(5-6-13(11)16)9-3-1-2-4-9/h5-7,9,12,16H,1-4,8,14-15H2/t12-/m0/s1. The second-order valence-electron chi connectivity index (χ2n) is 4.64. The third-order valence-electron chi connectivity index (χ3n) is 3.53. The molecule has 16 heavy (non-hydrogen) atoms. The fourth-order valence-corrected chi connectivity index (χ4v) is 2.51. The summed E-state index contributed by atoms with van der Waals surface area (Å²) in [6.07, 6.45) is 5.12. The Labute approximate surface area is 96.5 Å². The lowest BCUT2D eigenvalue weighted by atomic mass is 9.93. The van der Waals surface area contributed by atoms with Crippen molar-refractivity contribution in [3.8, 4) is 5.75 Å².